The summed E-state index contributed by atoms with van der Waals surface area (Å²) < 4.78 is 0. The van der Waals surface area contributed by atoms with Crippen molar-refractivity contribution in [2.45, 2.75) is 18.8 Å². The number of benzene rings is 1. The number of piperidine rings is 1. The van der Waals surface area contributed by atoms with Crippen molar-refractivity contribution < 1.29 is 4.79 Å². The Morgan fingerprint density at radius 1 is 1.07 bits per heavy atom. The first kappa shape index (κ1) is 17.7. The molecule has 1 aliphatic heterocycles. The zero-order chi connectivity index (χ0) is 18.6. The van der Waals surface area contributed by atoms with Gasteiger partial charge in [-0.25, -0.2) is 0 Å². The third kappa shape index (κ3) is 4.01. The monoisotopic (exact) mass is 377 g/mol. The van der Waals surface area contributed by atoms with Crippen LogP contribution in [-0.4, -0.2) is 33.9 Å². The maximum atomic E-state index is 12.8. The normalized spacial score (nSPS) is 16.9. The van der Waals surface area contributed by atoms with Crippen LogP contribution in [0.15, 0.2) is 67.0 Å². The second-order valence-electron chi connectivity index (χ2n) is 6.78. The Morgan fingerprint density at radius 3 is 2.70 bits per heavy atom. The lowest BCUT2D eigenvalue weighted by Crippen LogP contribution is -2.39. The number of halogens is 1. The van der Waals surface area contributed by atoms with Gasteiger partial charge < -0.3 is 4.90 Å². The highest BCUT2D eigenvalue weighted by Crippen LogP contribution is 2.29. The standard InChI is InChI=1S/C22H20ClN3O/c23-19-6-1-4-17(14-19)20-7-2-8-21(25-20)18-5-3-13-26(15-18)22(27)16-9-11-24-12-10-16/h1-2,4,6-12,14,18H,3,5,13,15H2/t18-/m1/s1. The Balaban J connectivity index is 1.55. The number of aromatic nitrogens is 2. The fraction of sp³-hybridized carbons (Fsp3) is 0.227. The van der Waals surface area contributed by atoms with Gasteiger partial charge in [-0.05, 0) is 49.2 Å². The van der Waals surface area contributed by atoms with Crippen LogP contribution in [0.25, 0.3) is 11.3 Å². The summed E-state index contributed by atoms with van der Waals surface area (Å²) in [5, 5.41) is 0.700. The predicted molar refractivity (Wildman–Crippen MR) is 107 cm³/mol. The van der Waals surface area contributed by atoms with E-state index in [2.05, 4.69) is 11.1 Å². The van der Waals surface area contributed by atoms with Crippen molar-refractivity contribution in [2.75, 3.05) is 13.1 Å². The van der Waals surface area contributed by atoms with E-state index in [1.807, 2.05) is 41.3 Å². The lowest BCUT2D eigenvalue weighted by molar-refractivity contribution is 0.0706. The molecule has 3 heterocycles. The molecule has 27 heavy (non-hydrogen) atoms. The first-order valence-corrected chi connectivity index (χ1v) is 9.51. The van der Waals surface area contributed by atoms with E-state index in [9.17, 15) is 4.79 Å². The first-order valence-electron chi connectivity index (χ1n) is 9.13. The smallest absolute Gasteiger partial charge is 0.253 e. The Hall–Kier alpha value is -2.72. The van der Waals surface area contributed by atoms with Crippen molar-refractivity contribution in [3.05, 3.63) is 83.3 Å². The minimum absolute atomic E-state index is 0.0631. The van der Waals surface area contributed by atoms with E-state index in [-0.39, 0.29) is 11.8 Å². The van der Waals surface area contributed by atoms with Gasteiger partial charge in [0.1, 0.15) is 0 Å². The third-order valence-corrected chi connectivity index (χ3v) is 5.18. The highest BCUT2D eigenvalue weighted by Gasteiger charge is 2.26. The maximum absolute atomic E-state index is 12.8. The van der Waals surface area contributed by atoms with E-state index < -0.39 is 0 Å². The molecule has 136 valence electrons. The van der Waals surface area contributed by atoms with Gasteiger partial charge in [-0.1, -0.05) is 29.8 Å². The molecule has 0 saturated carbocycles. The second kappa shape index (κ2) is 7.89. The molecular formula is C22H20ClN3O. The van der Waals surface area contributed by atoms with E-state index in [1.165, 1.54) is 0 Å². The first-order chi connectivity index (χ1) is 13.2. The van der Waals surface area contributed by atoms with Crippen LogP contribution in [0.1, 0.15) is 34.8 Å². The summed E-state index contributed by atoms with van der Waals surface area (Å²) in [6.07, 6.45) is 5.33. The minimum Gasteiger partial charge on any atom is -0.338 e. The molecule has 2 aromatic heterocycles. The Labute approximate surface area is 163 Å². The number of likely N-dealkylation sites (tertiary alicyclic amines) is 1. The molecule has 4 nitrogen and oxygen atoms in total. The fourth-order valence-electron chi connectivity index (χ4n) is 3.57. The average Bonchev–Trinajstić information content (AvgIpc) is 2.74. The largest absolute Gasteiger partial charge is 0.338 e. The molecule has 1 fully saturated rings. The lowest BCUT2D eigenvalue weighted by atomic mass is 9.93. The van der Waals surface area contributed by atoms with E-state index in [4.69, 9.17) is 16.6 Å². The van der Waals surface area contributed by atoms with Crippen LogP contribution in [0.5, 0.6) is 0 Å². The van der Waals surface area contributed by atoms with Crippen LogP contribution in [-0.2, 0) is 0 Å². The number of carbonyl (C=O) groups is 1. The number of rotatable bonds is 3. The number of pyridine rings is 2. The van der Waals surface area contributed by atoms with Gasteiger partial charge in [0.2, 0.25) is 0 Å². The summed E-state index contributed by atoms with van der Waals surface area (Å²) in [5.41, 5.74) is 3.63. The molecule has 1 aromatic carbocycles. The van der Waals surface area contributed by atoms with Gasteiger partial charge in [0.15, 0.2) is 0 Å². The molecule has 5 heteroatoms. The van der Waals surface area contributed by atoms with Crippen LogP contribution >= 0.6 is 11.6 Å². The number of carbonyl (C=O) groups excluding carboxylic acids is 1. The number of hydrogen-bond acceptors (Lipinski definition) is 3. The Kier molecular flexibility index (Phi) is 5.16. The van der Waals surface area contributed by atoms with E-state index in [0.717, 1.165) is 36.3 Å². The van der Waals surface area contributed by atoms with Gasteiger partial charge >= 0.3 is 0 Å². The molecule has 1 atom stereocenters. The van der Waals surface area contributed by atoms with Crippen molar-refractivity contribution in [1.82, 2.24) is 14.9 Å². The summed E-state index contributed by atoms with van der Waals surface area (Å²) in [7, 11) is 0. The summed E-state index contributed by atoms with van der Waals surface area (Å²) in [4.78, 5) is 23.6. The molecule has 0 bridgehead atoms. The topological polar surface area (TPSA) is 46.1 Å². The van der Waals surface area contributed by atoms with E-state index >= 15 is 0 Å². The fourth-order valence-corrected chi connectivity index (χ4v) is 3.76. The van der Waals surface area contributed by atoms with Crippen molar-refractivity contribution in [1.29, 1.82) is 0 Å². The average molecular weight is 378 g/mol. The molecule has 3 aromatic rings. The number of hydrogen-bond donors (Lipinski definition) is 0. The SMILES string of the molecule is O=C(c1ccncc1)N1CCC[C@@H](c2cccc(-c3cccc(Cl)c3)n2)C1. The number of nitrogens with zero attached hydrogens (tertiary/aromatic N) is 3. The molecule has 4 rings (SSSR count). The highest BCUT2D eigenvalue weighted by atomic mass is 35.5. The number of amides is 1. The van der Waals surface area contributed by atoms with E-state index in [0.29, 0.717) is 17.1 Å². The van der Waals surface area contributed by atoms with Gasteiger partial charge in [0, 0.05) is 53.2 Å². The zero-order valence-corrected chi connectivity index (χ0v) is 15.6. The Morgan fingerprint density at radius 2 is 1.89 bits per heavy atom. The molecule has 1 amide bonds. The molecule has 0 spiro atoms. The molecule has 1 saturated heterocycles. The minimum atomic E-state index is 0.0631. The maximum Gasteiger partial charge on any atom is 0.253 e. The van der Waals surface area contributed by atoms with E-state index in [1.54, 1.807) is 24.5 Å². The van der Waals surface area contributed by atoms with Crippen molar-refractivity contribution in [3.8, 4) is 11.3 Å². The molecule has 0 N–H and O–H groups in total. The van der Waals surface area contributed by atoms with Gasteiger partial charge in [-0.3, -0.25) is 14.8 Å². The van der Waals surface area contributed by atoms with Crippen molar-refractivity contribution >= 4 is 17.5 Å². The molecule has 0 aliphatic carbocycles. The highest BCUT2D eigenvalue weighted by molar-refractivity contribution is 6.30. The predicted octanol–water partition coefficient (Wildman–Crippen LogP) is 4.82. The van der Waals surface area contributed by atoms with Crippen LogP contribution in [0.3, 0.4) is 0 Å². The van der Waals surface area contributed by atoms with Crippen molar-refractivity contribution in [3.63, 3.8) is 0 Å². The summed E-state index contributed by atoms with van der Waals surface area (Å²) >= 11 is 6.12. The molecule has 0 unspecified atom stereocenters. The lowest BCUT2D eigenvalue weighted by Gasteiger charge is -2.32. The summed E-state index contributed by atoms with van der Waals surface area (Å²) in [5.74, 6) is 0.303. The molecular weight excluding hydrogens is 358 g/mol. The molecule has 1 aliphatic rings. The summed E-state index contributed by atoms with van der Waals surface area (Å²) in [6.45, 7) is 1.47. The van der Waals surface area contributed by atoms with Gasteiger partial charge in [-0.15, -0.1) is 0 Å². The van der Waals surface area contributed by atoms with Crippen LogP contribution < -0.4 is 0 Å². The quantitative estimate of drug-likeness (QED) is 0.657. The molecule has 0 radical (unpaired) electrons. The van der Waals surface area contributed by atoms with Gasteiger partial charge in [-0.2, -0.15) is 0 Å². The van der Waals surface area contributed by atoms with Gasteiger partial charge in [0.05, 0.1) is 5.69 Å². The van der Waals surface area contributed by atoms with Crippen LogP contribution in [0.2, 0.25) is 5.02 Å². The van der Waals surface area contributed by atoms with Crippen LogP contribution in [0.4, 0.5) is 0 Å². The second-order valence-corrected chi connectivity index (χ2v) is 7.22. The third-order valence-electron chi connectivity index (χ3n) is 4.95. The zero-order valence-electron chi connectivity index (χ0n) is 14.9. The summed E-state index contributed by atoms with van der Waals surface area (Å²) in [6, 6.07) is 17.3. The Bertz CT molecular complexity index is 945. The van der Waals surface area contributed by atoms with Crippen LogP contribution in [0, 0.1) is 0 Å². The van der Waals surface area contributed by atoms with Gasteiger partial charge in [0.25, 0.3) is 5.91 Å². The van der Waals surface area contributed by atoms with Crippen molar-refractivity contribution in [2.24, 2.45) is 0 Å².